The summed E-state index contributed by atoms with van der Waals surface area (Å²) >= 11 is 6.03. The number of hydrogen-bond donors (Lipinski definition) is 1. The normalized spacial score (nSPS) is 14.1. The summed E-state index contributed by atoms with van der Waals surface area (Å²) in [7, 11) is -0.608. The van der Waals surface area contributed by atoms with Gasteiger partial charge in [-0.05, 0) is 55.3 Å². The lowest BCUT2D eigenvalue weighted by Gasteiger charge is -2.29. The Bertz CT molecular complexity index is 854. The fourth-order valence-corrected chi connectivity index (χ4v) is 3.85. The molecule has 25 heavy (non-hydrogen) atoms. The van der Waals surface area contributed by atoms with Crippen LogP contribution < -0.4 is 9.46 Å². The van der Waals surface area contributed by atoms with Gasteiger partial charge in [-0.1, -0.05) is 23.7 Å². The third-order valence-electron chi connectivity index (χ3n) is 4.16. The summed E-state index contributed by atoms with van der Waals surface area (Å²) in [6, 6.07) is 11.9. The molecule has 0 spiro atoms. The van der Waals surface area contributed by atoms with Crippen molar-refractivity contribution in [3.8, 4) is 5.75 Å². The highest BCUT2D eigenvalue weighted by Crippen LogP contribution is 2.27. The number of sulfonamides is 1. The molecule has 1 atom stereocenters. The minimum Gasteiger partial charge on any atom is -0.496 e. The first-order valence-corrected chi connectivity index (χ1v) is 9.53. The molecular formula is C18H22ClNO4S. The quantitative estimate of drug-likeness (QED) is 0.794. The van der Waals surface area contributed by atoms with E-state index >= 15 is 0 Å². The zero-order valence-electron chi connectivity index (χ0n) is 14.7. The van der Waals surface area contributed by atoms with Crippen molar-refractivity contribution in [2.45, 2.75) is 24.3 Å². The SMILES string of the molecule is COc1ccc(S(=O)(=O)NCC(C)(OC)c2cccc(Cl)c2)cc1C. The van der Waals surface area contributed by atoms with Gasteiger partial charge in [0.1, 0.15) is 11.4 Å². The number of hydrogen-bond acceptors (Lipinski definition) is 4. The van der Waals surface area contributed by atoms with Gasteiger partial charge in [0.25, 0.3) is 0 Å². The van der Waals surface area contributed by atoms with Gasteiger partial charge in [-0.25, -0.2) is 13.1 Å². The van der Waals surface area contributed by atoms with Crippen LogP contribution >= 0.6 is 11.6 Å². The highest BCUT2D eigenvalue weighted by atomic mass is 35.5. The van der Waals surface area contributed by atoms with Gasteiger partial charge in [0, 0.05) is 18.7 Å². The third-order valence-corrected chi connectivity index (χ3v) is 5.80. The molecule has 0 aliphatic rings. The smallest absolute Gasteiger partial charge is 0.240 e. The van der Waals surface area contributed by atoms with E-state index in [4.69, 9.17) is 21.1 Å². The Hall–Kier alpha value is -1.60. The molecule has 0 fully saturated rings. The van der Waals surface area contributed by atoms with Crippen molar-refractivity contribution in [1.82, 2.24) is 4.72 Å². The summed E-state index contributed by atoms with van der Waals surface area (Å²) < 4.78 is 38.6. The Morgan fingerprint density at radius 2 is 1.88 bits per heavy atom. The van der Waals surface area contributed by atoms with Crippen LogP contribution in [-0.2, 0) is 20.4 Å². The maximum absolute atomic E-state index is 12.6. The first kappa shape index (κ1) is 19.7. The Morgan fingerprint density at radius 3 is 2.44 bits per heavy atom. The van der Waals surface area contributed by atoms with Gasteiger partial charge in [0.05, 0.1) is 12.0 Å². The summed E-state index contributed by atoms with van der Waals surface area (Å²) in [6.07, 6.45) is 0. The molecule has 0 saturated heterocycles. The summed E-state index contributed by atoms with van der Waals surface area (Å²) in [4.78, 5) is 0.176. The van der Waals surface area contributed by atoms with E-state index in [2.05, 4.69) is 4.72 Å². The van der Waals surface area contributed by atoms with E-state index in [1.54, 1.807) is 51.3 Å². The number of ether oxygens (including phenoxy) is 2. The maximum Gasteiger partial charge on any atom is 0.240 e. The maximum atomic E-state index is 12.6. The van der Waals surface area contributed by atoms with Crippen LogP contribution in [0.5, 0.6) is 5.75 Å². The average molecular weight is 384 g/mol. The van der Waals surface area contributed by atoms with Crippen molar-refractivity contribution in [2.24, 2.45) is 0 Å². The van der Waals surface area contributed by atoms with Crippen LogP contribution in [0.4, 0.5) is 0 Å². The molecule has 2 aromatic carbocycles. The van der Waals surface area contributed by atoms with Crippen LogP contribution in [0.3, 0.4) is 0 Å². The monoisotopic (exact) mass is 383 g/mol. The third kappa shape index (κ3) is 4.52. The van der Waals surface area contributed by atoms with Gasteiger partial charge in [-0.15, -0.1) is 0 Å². The van der Waals surface area contributed by atoms with Crippen molar-refractivity contribution in [3.63, 3.8) is 0 Å². The van der Waals surface area contributed by atoms with Crippen LogP contribution in [0.2, 0.25) is 5.02 Å². The minimum absolute atomic E-state index is 0.0667. The topological polar surface area (TPSA) is 64.6 Å². The number of aryl methyl sites for hydroxylation is 1. The minimum atomic E-state index is -3.69. The molecule has 0 aromatic heterocycles. The van der Waals surface area contributed by atoms with Crippen molar-refractivity contribution in [1.29, 1.82) is 0 Å². The number of nitrogens with one attached hydrogen (secondary N) is 1. The molecule has 0 aliphatic heterocycles. The Kier molecular flexibility index (Phi) is 6.11. The lowest BCUT2D eigenvalue weighted by molar-refractivity contribution is 0.00699. The molecule has 7 heteroatoms. The first-order chi connectivity index (χ1) is 11.7. The fraction of sp³-hybridized carbons (Fsp3) is 0.333. The molecule has 2 rings (SSSR count). The Balaban J connectivity index is 2.24. The van der Waals surface area contributed by atoms with Gasteiger partial charge in [0.15, 0.2) is 0 Å². The van der Waals surface area contributed by atoms with Gasteiger partial charge >= 0.3 is 0 Å². The molecule has 136 valence electrons. The lowest BCUT2D eigenvalue weighted by Crippen LogP contribution is -2.40. The molecule has 1 unspecified atom stereocenters. The number of rotatable bonds is 7. The summed E-state index contributed by atoms with van der Waals surface area (Å²) in [5.41, 5.74) is 0.685. The Labute approximate surface area is 154 Å². The molecule has 5 nitrogen and oxygen atoms in total. The second kappa shape index (κ2) is 7.74. The van der Waals surface area contributed by atoms with Crippen molar-refractivity contribution in [3.05, 3.63) is 58.6 Å². The Morgan fingerprint density at radius 1 is 1.16 bits per heavy atom. The second-order valence-corrected chi connectivity index (χ2v) is 8.10. The van der Waals surface area contributed by atoms with Gasteiger partial charge in [-0.3, -0.25) is 0 Å². The molecule has 0 heterocycles. The van der Waals surface area contributed by atoms with Gasteiger partial charge < -0.3 is 9.47 Å². The second-order valence-electron chi connectivity index (χ2n) is 5.90. The standard InChI is InChI=1S/C18H22ClNO4S/c1-13-10-16(8-9-17(13)23-3)25(21,22)20-12-18(2,24-4)14-6-5-7-15(19)11-14/h5-11,20H,12H2,1-4H3. The van der Waals surface area contributed by atoms with Crippen molar-refractivity contribution >= 4 is 21.6 Å². The molecule has 0 bridgehead atoms. The molecule has 0 aliphatic carbocycles. The predicted octanol–water partition coefficient (Wildman–Crippen LogP) is 3.50. The van der Waals surface area contributed by atoms with Crippen molar-refractivity contribution < 1.29 is 17.9 Å². The highest BCUT2D eigenvalue weighted by Gasteiger charge is 2.29. The van der Waals surface area contributed by atoms with E-state index < -0.39 is 15.6 Å². The highest BCUT2D eigenvalue weighted by molar-refractivity contribution is 7.89. The average Bonchev–Trinajstić information content (AvgIpc) is 2.59. The molecule has 2 aromatic rings. The van der Waals surface area contributed by atoms with Crippen LogP contribution in [0.25, 0.3) is 0 Å². The molecular weight excluding hydrogens is 362 g/mol. The van der Waals surface area contributed by atoms with Crippen LogP contribution in [0.1, 0.15) is 18.1 Å². The van der Waals surface area contributed by atoms with Crippen LogP contribution in [0.15, 0.2) is 47.4 Å². The van der Waals surface area contributed by atoms with E-state index in [1.165, 1.54) is 13.2 Å². The number of methoxy groups -OCH3 is 2. The molecule has 0 saturated carbocycles. The van der Waals surface area contributed by atoms with Crippen LogP contribution in [0, 0.1) is 6.92 Å². The van der Waals surface area contributed by atoms with Crippen LogP contribution in [-0.4, -0.2) is 29.2 Å². The molecule has 1 N–H and O–H groups in total. The predicted molar refractivity (Wildman–Crippen MR) is 98.7 cm³/mol. The number of benzene rings is 2. The largest absolute Gasteiger partial charge is 0.496 e. The van der Waals surface area contributed by atoms with E-state index in [0.717, 1.165) is 11.1 Å². The van der Waals surface area contributed by atoms with Gasteiger partial charge in [0.2, 0.25) is 10.0 Å². The summed E-state index contributed by atoms with van der Waals surface area (Å²) in [5.74, 6) is 0.639. The van der Waals surface area contributed by atoms with E-state index in [1.807, 2.05) is 6.07 Å². The fourth-order valence-electron chi connectivity index (χ4n) is 2.44. The number of halogens is 1. The zero-order chi connectivity index (χ0) is 18.7. The molecule has 0 radical (unpaired) electrons. The van der Waals surface area contributed by atoms with Crippen molar-refractivity contribution in [2.75, 3.05) is 20.8 Å². The molecule has 0 amide bonds. The van der Waals surface area contributed by atoms with E-state index in [0.29, 0.717) is 10.8 Å². The van der Waals surface area contributed by atoms with E-state index in [-0.39, 0.29) is 11.4 Å². The van der Waals surface area contributed by atoms with Gasteiger partial charge in [-0.2, -0.15) is 0 Å². The first-order valence-electron chi connectivity index (χ1n) is 7.67. The summed E-state index contributed by atoms with van der Waals surface area (Å²) in [5, 5.41) is 0.564. The van der Waals surface area contributed by atoms with E-state index in [9.17, 15) is 8.42 Å². The lowest BCUT2D eigenvalue weighted by atomic mass is 9.96. The summed E-state index contributed by atoms with van der Waals surface area (Å²) in [6.45, 7) is 3.67. The zero-order valence-corrected chi connectivity index (χ0v) is 16.2.